The molecule has 2 atom stereocenters. The first-order chi connectivity index (χ1) is 11.9. The molecule has 2 aliphatic rings. The molecule has 2 unspecified atom stereocenters. The first-order valence-corrected chi connectivity index (χ1v) is 10.5. The zero-order chi connectivity index (χ0) is 18.0. The van der Waals surface area contributed by atoms with Gasteiger partial charge in [0.2, 0.25) is 10.0 Å². The Morgan fingerprint density at radius 3 is 2.68 bits per heavy atom. The number of nitrogens with one attached hydrogen (secondary N) is 2. The summed E-state index contributed by atoms with van der Waals surface area (Å²) in [6.07, 6.45) is 5.30. The van der Waals surface area contributed by atoms with Crippen molar-refractivity contribution >= 4 is 15.9 Å². The van der Waals surface area contributed by atoms with Crippen LogP contribution in [0.25, 0.3) is 0 Å². The number of hydrogen-bond acceptors (Lipinski definition) is 4. The standard InChI is InChI=1S/C17H28N4O3S/c1-13-11-18-7-6-15(13)19-17(22)16-10-14(12-20(16)2)25(23,24)21-8-4-3-5-9-21/h10,12-13,15,18H,3-9,11H2,1-2H3,(H,19,22). The van der Waals surface area contributed by atoms with Crippen LogP contribution in [0.3, 0.4) is 0 Å². The lowest BCUT2D eigenvalue weighted by atomic mass is 9.95. The lowest BCUT2D eigenvalue weighted by molar-refractivity contribution is 0.0906. The Hall–Kier alpha value is -1.38. The van der Waals surface area contributed by atoms with E-state index in [2.05, 4.69) is 17.6 Å². The van der Waals surface area contributed by atoms with Gasteiger partial charge in [-0.1, -0.05) is 13.3 Å². The monoisotopic (exact) mass is 368 g/mol. The van der Waals surface area contributed by atoms with Gasteiger partial charge in [-0.05, 0) is 44.3 Å². The number of aryl methyl sites for hydroxylation is 1. The van der Waals surface area contributed by atoms with E-state index < -0.39 is 10.0 Å². The highest BCUT2D eigenvalue weighted by molar-refractivity contribution is 7.89. The highest BCUT2D eigenvalue weighted by atomic mass is 32.2. The summed E-state index contributed by atoms with van der Waals surface area (Å²) in [5.74, 6) is 0.149. The third-order valence-electron chi connectivity index (χ3n) is 5.27. The van der Waals surface area contributed by atoms with Crippen molar-refractivity contribution in [2.45, 2.75) is 43.5 Å². The van der Waals surface area contributed by atoms with Crippen molar-refractivity contribution in [3.05, 3.63) is 18.0 Å². The molecule has 2 aliphatic heterocycles. The smallest absolute Gasteiger partial charge is 0.268 e. The highest BCUT2D eigenvalue weighted by Gasteiger charge is 2.29. The topological polar surface area (TPSA) is 83.4 Å². The molecule has 0 radical (unpaired) electrons. The van der Waals surface area contributed by atoms with E-state index in [-0.39, 0.29) is 16.8 Å². The van der Waals surface area contributed by atoms with Crippen molar-refractivity contribution in [3.8, 4) is 0 Å². The summed E-state index contributed by atoms with van der Waals surface area (Å²) in [4.78, 5) is 12.8. The predicted molar refractivity (Wildman–Crippen MR) is 95.9 cm³/mol. The van der Waals surface area contributed by atoms with Crippen LogP contribution in [0.15, 0.2) is 17.2 Å². The van der Waals surface area contributed by atoms with Gasteiger partial charge >= 0.3 is 0 Å². The van der Waals surface area contributed by atoms with E-state index in [1.165, 1.54) is 10.4 Å². The first-order valence-electron chi connectivity index (χ1n) is 9.07. The summed E-state index contributed by atoms with van der Waals surface area (Å²) < 4.78 is 28.7. The molecule has 1 aromatic heterocycles. The number of carbonyl (C=O) groups is 1. The molecular weight excluding hydrogens is 340 g/mol. The molecule has 2 N–H and O–H groups in total. The normalized spacial score (nSPS) is 25.7. The van der Waals surface area contributed by atoms with Crippen LogP contribution < -0.4 is 10.6 Å². The molecule has 3 rings (SSSR count). The number of sulfonamides is 1. The fraction of sp³-hybridized carbons (Fsp3) is 0.706. The Balaban J connectivity index is 1.76. The van der Waals surface area contributed by atoms with Gasteiger partial charge in [-0.15, -0.1) is 0 Å². The molecule has 140 valence electrons. The van der Waals surface area contributed by atoms with E-state index >= 15 is 0 Å². The van der Waals surface area contributed by atoms with Crippen LogP contribution >= 0.6 is 0 Å². The van der Waals surface area contributed by atoms with Crippen LogP contribution in [0.1, 0.15) is 43.1 Å². The molecule has 0 spiro atoms. The maximum Gasteiger partial charge on any atom is 0.268 e. The number of rotatable bonds is 4. The molecular formula is C17H28N4O3S. The van der Waals surface area contributed by atoms with Gasteiger partial charge in [-0.25, -0.2) is 8.42 Å². The van der Waals surface area contributed by atoms with Gasteiger partial charge < -0.3 is 15.2 Å². The average molecular weight is 369 g/mol. The molecule has 0 aromatic carbocycles. The van der Waals surface area contributed by atoms with Crippen molar-refractivity contribution in [1.82, 2.24) is 19.5 Å². The molecule has 8 heteroatoms. The number of aromatic nitrogens is 1. The molecule has 0 aliphatic carbocycles. The lowest BCUT2D eigenvalue weighted by Gasteiger charge is -2.30. The maximum absolute atomic E-state index is 12.8. The second-order valence-electron chi connectivity index (χ2n) is 7.19. The molecule has 2 fully saturated rings. The Bertz CT molecular complexity index is 722. The van der Waals surface area contributed by atoms with Gasteiger partial charge in [0.05, 0.1) is 0 Å². The van der Waals surface area contributed by atoms with Crippen molar-refractivity contribution in [2.75, 3.05) is 26.2 Å². The zero-order valence-electron chi connectivity index (χ0n) is 15.0. The number of nitrogens with zero attached hydrogens (tertiary/aromatic N) is 2. The third kappa shape index (κ3) is 3.91. The molecule has 2 saturated heterocycles. The molecule has 25 heavy (non-hydrogen) atoms. The minimum atomic E-state index is -3.52. The number of carbonyl (C=O) groups excluding carboxylic acids is 1. The predicted octanol–water partition coefficient (Wildman–Crippen LogP) is 0.928. The molecule has 0 bridgehead atoms. The minimum Gasteiger partial charge on any atom is -0.348 e. The van der Waals surface area contributed by atoms with Gasteiger partial charge in [0, 0.05) is 32.4 Å². The SMILES string of the molecule is CC1CNCCC1NC(=O)c1cc(S(=O)(=O)N2CCCCC2)cn1C. The second-order valence-corrected chi connectivity index (χ2v) is 9.12. The van der Waals surface area contributed by atoms with Gasteiger partial charge in [0.25, 0.3) is 5.91 Å². The Kier molecular flexibility index (Phi) is 5.50. The maximum atomic E-state index is 12.8. The summed E-state index contributed by atoms with van der Waals surface area (Å²) in [6.45, 7) is 4.99. The summed E-state index contributed by atoms with van der Waals surface area (Å²) in [5.41, 5.74) is 0.390. The van der Waals surface area contributed by atoms with E-state index in [1.54, 1.807) is 17.8 Å². The van der Waals surface area contributed by atoms with Crippen LogP contribution in [0, 0.1) is 5.92 Å². The van der Waals surface area contributed by atoms with E-state index in [0.717, 1.165) is 38.8 Å². The van der Waals surface area contributed by atoms with Crippen molar-refractivity contribution in [1.29, 1.82) is 0 Å². The molecule has 1 amide bonds. The van der Waals surface area contributed by atoms with Gasteiger partial charge in [-0.3, -0.25) is 4.79 Å². The number of piperidine rings is 2. The molecule has 3 heterocycles. The number of amides is 1. The lowest BCUT2D eigenvalue weighted by Crippen LogP contribution is -2.48. The Labute approximate surface area is 149 Å². The Morgan fingerprint density at radius 2 is 2.00 bits per heavy atom. The van der Waals surface area contributed by atoms with E-state index in [1.807, 2.05) is 0 Å². The van der Waals surface area contributed by atoms with Crippen molar-refractivity contribution in [3.63, 3.8) is 0 Å². The van der Waals surface area contributed by atoms with E-state index in [9.17, 15) is 13.2 Å². The summed E-state index contributed by atoms with van der Waals surface area (Å²) >= 11 is 0. The Morgan fingerprint density at radius 1 is 1.28 bits per heavy atom. The molecule has 0 saturated carbocycles. The van der Waals surface area contributed by atoms with Gasteiger partial charge in [-0.2, -0.15) is 4.31 Å². The molecule has 1 aromatic rings. The van der Waals surface area contributed by atoms with E-state index in [0.29, 0.717) is 24.7 Å². The van der Waals surface area contributed by atoms with Crippen molar-refractivity contribution < 1.29 is 13.2 Å². The summed E-state index contributed by atoms with van der Waals surface area (Å²) in [6, 6.07) is 1.62. The van der Waals surface area contributed by atoms with Crippen LogP contribution in [0.5, 0.6) is 0 Å². The highest BCUT2D eigenvalue weighted by Crippen LogP contribution is 2.22. The summed E-state index contributed by atoms with van der Waals surface area (Å²) in [5, 5.41) is 6.37. The zero-order valence-corrected chi connectivity index (χ0v) is 15.8. The number of hydrogen-bond donors (Lipinski definition) is 2. The second kappa shape index (κ2) is 7.47. The van der Waals surface area contributed by atoms with Crippen LogP contribution in [-0.2, 0) is 17.1 Å². The van der Waals surface area contributed by atoms with E-state index in [4.69, 9.17) is 0 Å². The van der Waals surface area contributed by atoms with Crippen LogP contribution in [-0.4, -0.2) is 55.4 Å². The quantitative estimate of drug-likeness (QED) is 0.828. The van der Waals surface area contributed by atoms with Gasteiger partial charge in [0.1, 0.15) is 10.6 Å². The summed E-state index contributed by atoms with van der Waals surface area (Å²) in [7, 11) is -1.80. The molecule has 7 nitrogen and oxygen atoms in total. The third-order valence-corrected chi connectivity index (χ3v) is 7.13. The average Bonchev–Trinajstić information content (AvgIpc) is 3.00. The van der Waals surface area contributed by atoms with Gasteiger partial charge in [0.15, 0.2) is 0 Å². The van der Waals surface area contributed by atoms with Crippen molar-refractivity contribution in [2.24, 2.45) is 13.0 Å². The fourth-order valence-electron chi connectivity index (χ4n) is 3.63. The largest absolute Gasteiger partial charge is 0.348 e. The van der Waals surface area contributed by atoms with Crippen LogP contribution in [0.4, 0.5) is 0 Å². The fourth-order valence-corrected chi connectivity index (χ4v) is 5.22. The first kappa shape index (κ1) is 18.4. The minimum absolute atomic E-state index is 0.116. The van der Waals surface area contributed by atoms with Crippen LogP contribution in [0.2, 0.25) is 0 Å².